The third-order valence-corrected chi connectivity index (χ3v) is 8.43. The van der Waals surface area contributed by atoms with Crippen molar-refractivity contribution < 1.29 is 4.42 Å². The monoisotopic (exact) mass is 551 g/mol. The second-order valence-corrected chi connectivity index (χ2v) is 11.0. The zero-order valence-electron chi connectivity index (χ0n) is 23.9. The van der Waals surface area contributed by atoms with Crippen molar-refractivity contribution in [1.82, 2.24) is 0 Å². The minimum absolute atomic E-state index is 0.907. The molecule has 0 atom stereocenters. The van der Waals surface area contributed by atoms with Gasteiger partial charge in [-0.2, -0.15) is 0 Å². The number of fused-ring (bicyclic) bond motifs is 4. The van der Waals surface area contributed by atoms with Crippen LogP contribution in [0.1, 0.15) is 5.56 Å². The van der Waals surface area contributed by atoms with E-state index in [0.717, 1.165) is 44.9 Å². The Balaban J connectivity index is 1.35. The zero-order chi connectivity index (χ0) is 28.8. The van der Waals surface area contributed by atoms with E-state index in [1.54, 1.807) is 0 Å². The highest BCUT2D eigenvalue weighted by atomic mass is 16.3. The molecule has 0 aliphatic heterocycles. The Hall–Kier alpha value is -5.60. The minimum atomic E-state index is 0.907. The van der Waals surface area contributed by atoms with E-state index < -0.39 is 0 Å². The van der Waals surface area contributed by atoms with Gasteiger partial charge in [-0.1, -0.05) is 121 Å². The number of rotatable bonds is 5. The summed E-state index contributed by atoms with van der Waals surface area (Å²) in [5, 5.41) is 6.14. The molecule has 0 aliphatic rings. The first kappa shape index (κ1) is 25.1. The molecule has 1 heterocycles. The molecule has 0 spiro atoms. The molecule has 8 aromatic rings. The third kappa shape index (κ3) is 4.36. The van der Waals surface area contributed by atoms with Crippen LogP contribution in [0.2, 0.25) is 0 Å². The minimum Gasteiger partial charge on any atom is -0.456 e. The summed E-state index contributed by atoms with van der Waals surface area (Å²) in [5.74, 6) is 0.907. The first-order valence-corrected chi connectivity index (χ1v) is 14.7. The van der Waals surface area contributed by atoms with Gasteiger partial charge < -0.3 is 9.32 Å². The Kier molecular flexibility index (Phi) is 6.05. The first-order valence-electron chi connectivity index (χ1n) is 14.7. The highest BCUT2D eigenvalue weighted by Crippen LogP contribution is 2.43. The van der Waals surface area contributed by atoms with Crippen molar-refractivity contribution in [1.29, 1.82) is 0 Å². The fourth-order valence-electron chi connectivity index (χ4n) is 6.33. The molecule has 8 rings (SSSR count). The van der Waals surface area contributed by atoms with E-state index in [-0.39, 0.29) is 0 Å². The largest absolute Gasteiger partial charge is 0.456 e. The SMILES string of the molecule is Cc1c(-c2cccc(N(c3ccc4c(ccc5ccccc54)c3)c3ccccc3-c3ccccc3)c2)oc2ccccc12. The molecule has 0 aliphatic carbocycles. The maximum absolute atomic E-state index is 6.40. The van der Waals surface area contributed by atoms with Crippen LogP contribution in [-0.2, 0) is 0 Å². The maximum Gasteiger partial charge on any atom is 0.138 e. The summed E-state index contributed by atoms with van der Waals surface area (Å²) in [6, 6.07) is 56.1. The summed E-state index contributed by atoms with van der Waals surface area (Å²) < 4.78 is 6.40. The number of hydrogen-bond acceptors (Lipinski definition) is 2. The van der Waals surface area contributed by atoms with Crippen LogP contribution in [0.4, 0.5) is 17.1 Å². The average molecular weight is 552 g/mol. The predicted molar refractivity (Wildman–Crippen MR) is 182 cm³/mol. The first-order chi connectivity index (χ1) is 21.2. The molecule has 0 saturated carbocycles. The number of anilines is 3. The predicted octanol–water partition coefficient (Wildman–Crippen LogP) is 11.9. The lowest BCUT2D eigenvalue weighted by molar-refractivity contribution is 0.629. The van der Waals surface area contributed by atoms with Gasteiger partial charge in [0.1, 0.15) is 11.3 Å². The summed E-state index contributed by atoms with van der Waals surface area (Å²) in [6.45, 7) is 2.14. The molecule has 1 aromatic heterocycles. The van der Waals surface area contributed by atoms with Crippen LogP contribution in [0.5, 0.6) is 0 Å². The lowest BCUT2D eigenvalue weighted by Gasteiger charge is -2.28. The summed E-state index contributed by atoms with van der Waals surface area (Å²) >= 11 is 0. The zero-order valence-corrected chi connectivity index (χ0v) is 23.9. The quantitative estimate of drug-likeness (QED) is 0.198. The lowest BCUT2D eigenvalue weighted by atomic mass is 9.99. The van der Waals surface area contributed by atoms with Gasteiger partial charge in [0.25, 0.3) is 0 Å². The lowest BCUT2D eigenvalue weighted by Crippen LogP contribution is -2.11. The van der Waals surface area contributed by atoms with E-state index in [9.17, 15) is 0 Å². The van der Waals surface area contributed by atoms with E-state index in [0.29, 0.717) is 0 Å². The molecule has 0 amide bonds. The molecule has 0 unspecified atom stereocenters. The number of aryl methyl sites for hydroxylation is 1. The van der Waals surface area contributed by atoms with Crippen molar-refractivity contribution in [3.63, 3.8) is 0 Å². The van der Waals surface area contributed by atoms with Crippen molar-refractivity contribution >= 4 is 49.6 Å². The fourth-order valence-corrected chi connectivity index (χ4v) is 6.33. The number of furan rings is 1. The van der Waals surface area contributed by atoms with Gasteiger partial charge in [0.2, 0.25) is 0 Å². The summed E-state index contributed by atoms with van der Waals surface area (Å²) in [4.78, 5) is 2.37. The van der Waals surface area contributed by atoms with Gasteiger partial charge in [-0.05, 0) is 70.4 Å². The Bertz CT molecular complexity index is 2260. The van der Waals surface area contributed by atoms with Gasteiger partial charge >= 0.3 is 0 Å². The van der Waals surface area contributed by atoms with Crippen molar-refractivity contribution in [2.24, 2.45) is 0 Å². The molecule has 7 aromatic carbocycles. The molecule has 0 N–H and O–H groups in total. The smallest absolute Gasteiger partial charge is 0.138 e. The van der Waals surface area contributed by atoms with E-state index in [2.05, 4.69) is 157 Å². The Labute approximate surface area is 251 Å². The number of hydrogen-bond donors (Lipinski definition) is 0. The highest BCUT2D eigenvalue weighted by molar-refractivity contribution is 6.08. The van der Waals surface area contributed by atoms with E-state index >= 15 is 0 Å². The highest BCUT2D eigenvalue weighted by Gasteiger charge is 2.20. The van der Waals surface area contributed by atoms with Crippen molar-refractivity contribution in [2.45, 2.75) is 6.92 Å². The van der Waals surface area contributed by atoms with Gasteiger partial charge in [-0.15, -0.1) is 0 Å². The molecule has 0 saturated heterocycles. The Morgan fingerprint density at radius 2 is 1.14 bits per heavy atom. The standard InChI is InChI=1S/C41H29NO/c1-28-35-17-8-10-21-40(35)43-41(28)32-15-11-16-33(27-32)42(39-20-9-7-19-38(39)29-12-3-2-4-13-29)34-24-25-37-31(26-34)23-22-30-14-5-6-18-36(30)37/h2-27H,1H3. The third-order valence-electron chi connectivity index (χ3n) is 8.43. The Morgan fingerprint density at radius 1 is 0.465 bits per heavy atom. The van der Waals surface area contributed by atoms with Crippen LogP contribution >= 0.6 is 0 Å². The molecule has 0 radical (unpaired) electrons. The fraction of sp³-hybridized carbons (Fsp3) is 0.0244. The topological polar surface area (TPSA) is 16.4 Å². The Morgan fingerprint density at radius 3 is 2.02 bits per heavy atom. The summed E-state index contributed by atoms with van der Waals surface area (Å²) in [5.41, 5.74) is 8.76. The van der Waals surface area contributed by atoms with Crippen molar-refractivity contribution in [2.75, 3.05) is 4.90 Å². The van der Waals surface area contributed by atoms with Gasteiger partial charge in [0, 0.05) is 33.5 Å². The molecule has 2 nitrogen and oxygen atoms in total. The molecular formula is C41H29NO. The van der Waals surface area contributed by atoms with Gasteiger partial charge in [-0.3, -0.25) is 0 Å². The molecule has 2 heteroatoms. The molecule has 204 valence electrons. The van der Waals surface area contributed by atoms with E-state index in [4.69, 9.17) is 4.42 Å². The van der Waals surface area contributed by atoms with Crippen molar-refractivity contribution in [3.05, 3.63) is 163 Å². The van der Waals surface area contributed by atoms with E-state index in [1.165, 1.54) is 32.7 Å². The molecular weight excluding hydrogens is 522 g/mol. The van der Waals surface area contributed by atoms with Crippen LogP contribution in [0.25, 0.3) is 55.0 Å². The van der Waals surface area contributed by atoms with Gasteiger partial charge in [-0.25, -0.2) is 0 Å². The van der Waals surface area contributed by atoms with Crippen LogP contribution in [0.15, 0.2) is 162 Å². The second-order valence-electron chi connectivity index (χ2n) is 11.0. The van der Waals surface area contributed by atoms with Crippen LogP contribution < -0.4 is 4.90 Å². The van der Waals surface area contributed by atoms with E-state index in [1.807, 2.05) is 12.1 Å². The number of nitrogens with zero attached hydrogens (tertiary/aromatic N) is 1. The number of benzene rings is 7. The average Bonchev–Trinajstić information content (AvgIpc) is 3.42. The van der Waals surface area contributed by atoms with Crippen LogP contribution in [-0.4, -0.2) is 0 Å². The van der Waals surface area contributed by atoms with Crippen molar-refractivity contribution in [3.8, 4) is 22.5 Å². The maximum atomic E-state index is 6.40. The molecule has 0 fully saturated rings. The normalized spacial score (nSPS) is 11.4. The number of para-hydroxylation sites is 2. The summed E-state index contributed by atoms with van der Waals surface area (Å²) in [7, 11) is 0. The van der Waals surface area contributed by atoms with Gasteiger partial charge in [0.15, 0.2) is 0 Å². The molecule has 0 bridgehead atoms. The molecule has 43 heavy (non-hydrogen) atoms. The van der Waals surface area contributed by atoms with Crippen LogP contribution in [0, 0.1) is 6.92 Å². The second kappa shape index (κ2) is 10.3. The van der Waals surface area contributed by atoms with Gasteiger partial charge in [0.05, 0.1) is 5.69 Å². The van der Waals surface area contributed by atoms with Crippen LogP contribution in [0.3, 0.4) is 0 Å². The summed E-state index contributed by atoms with van der Waals surface area (Å²) in [6.07, 6.45) is 0.